The summed E-state index contributed by atoms with van der Waals surface area (Å²) in [6, 6.07) is 5.59. The van der Waals surface area contributed by atoms with Crippen LogP contribution in [0.2, 0.25) is 0 Å². The fourth-order valence-corrected chi connectivity index (χ4v) is 3.23. The third-order valence-corrected chi connectivity index (χ3v) is 4.16. The normalized spacial score (nSPS) is 22.6. The van der Waals surface area contributed by atoms with Crippen molar-refractivity contribution in [3.8, 4) is 0 Å². The Morgan fingerprint density at radius 3 is 2.81 bits per heavy atom. The molecule has 0 spiro atoms. The maximum Gasteiger partial charge on any atom is 0.0440 e. The predicted molar refractivity (Wildman–Crippen MR) is 71.8 cm³/mol. The molecule has 0 radical (unpaired) electrons. The first-order valence-electron chi connectivity index (χ1n) is 6.22. The van der Waals surface area contributed by atoms with E-state index in [4.69, 9.17) is 0 Å². The van der Waals surface area contributed by atoms with Crippen molar-refractivity contribution in [3.05, 3.63) is 34.5 Å². The SMILES string of the molecule is CC(C)C(NC1CC=CCC1)c1cccs1. The van der Waals surface area contributed by atoms with E-state index in [0.29, 0.717) is 18.0 Å². The minimum absolute atomic E-state index is 0.525. The van der Waals surface area contributed by atoms with Gasteiger partial charge in [-0.25, -0.2) is 0 Å². The molecule has 2 heteroatoms. The molecule has 88 valence electrons. The summed E-state index contributed by atoms with van der Waals surface area (Å²) in [5.41, 5.74) is 0. The summed E-state index contributed by atoms with van der Waals surface area (Å²) in [6.45, 7) is 4.60. The van der Waals surface area contributed by atoms with Crippen LogP contribution in [-0.2, 0) is 0 Å². The van der Waals surface area contributed by atoms with Gasteiger partial charge in [0.2, 0.25) is 0 Å². The van der Waals surface area contributed by atoms with Gasteiger partial charge in [0, 0.05) is 17.0 Å². The zero-order valence-electron chi connectivity index (χ0n) is 10.1. The molecule has 0 bridgehead atoms. The Balaban J connectivity index is 2.00. The largest absolute Gasteiger partial charge is 0.306 e. The first-order chi connectivity index (χ1) is 7.77. The average molecular weight is 235 g/mol. The molecular formula is C14H21NS. The van der Waals surface area contributed by atoms with Crippen molar-refractivity contribution in [1.82, 2.24) is 5.32 Å². The molecule has 0 aromatic carbocycles. The van der Waals surface area contributed by atoms with Crippen molar-refractivity contribution < 1.29 is 0 Å². The second-order valence-electron chi connectivity index (χ2n) is 4.89. The molecule has 16 heavy (non-hydrogen) atoms. The Morgan fingerprint density at radius 2 is 2.25 bits per heavy atom. The van der Waals surface area contributed by atoms with Crippen molar-refractivity contribution in [1.29, 1.82) is 0 Å². The lowest BCUT2D eigenvalue weighted by atomic mass is 9.97. The zero-order valence-corrected chi connectivity index (χ0v) is 11.0. The minimum Gasteiger partial charge on any atom is -0.306 e. The molecule has 0 saturated carbocycles. The lowest BCUT2D eigenvalue weighted by molar-refractivity contribution is 0.348. The van der Waals surface area contributed by atoms with Gasteiger partial charge in [-0.3, -0.25) is 0 Å². The van der Waals surface area contributed by atoms with Gasteiger partial charge in [0.1, 0.15) is 0 Å². The van der Waals surface area contributed by atoms with E-state index < -0.39 is 0 Å². The molecule has 1 aromatic heterocycles. The molecule has 0 amide bonds. The molecule has 2 rings (SSSR count). The summed E-state index contributed by atoms with van der Waals surface area (Å²) < 4.78 is 0. The number of rotatable bonds is 4. The van der Waals surface area contributed by atoms with Crippen LogP contribution in [0.3, 0.4) is 0 Å². The first kappa shape index (κ1) is 11.9. The smallest absolute Gasteiger partial charge is 0.0440 e. The molecule has 0 saturated heterocycles. The van der Waals surface area contributed by atoms with Crippen LogP contribution in [0.4, 0.5) is 0 Å². The first-order valence-corrected chi connectivity index (χ1v) is 7.10. The molecule has 2 atom stereocenters. The van der Waals surface area contributed by atoms with Crippen LogP contribution in [0.15, 0.2) is 29.7 Å². The van der Waals surface area contributed by atoms with Crippen LogP contribution < -0.4 is 5.32 Å². The molecule has 1 nitrogen and oxygen atoms in total. The summed E-state index contributed by atoms with van der Waals surface area (Å²) in [5.74, 6) is 0.657. The molecule has 1 heterocycles. The molecule has 2 unspecified atom stereocenters. The second-order valence-corrected chi connectivity index (χ2v) is 5.86. The van der Waals surface area contributed by atoms with E-state index in [-0.39, 0.29) is 0 Å². The van der Waals surface area contributed by atoms with Crippen LogP contribution >= 0.6 is 11.3 Å². The van der Waals surface area contributed by atoms with Gasteiger partial charge in [-0.15, -0.1) is 11.3 Å². The van der Waals surface area contributed by atoms with E-state index in [9.17, 15) is 0 Å². The van der Waals surface area contributed by atoms with Gasteiger partial charge in [-0.05, 0) is 36.6 Å². The third kappa shape index (κ3) is 2.96. The Labute approximate surface area is 103 Å². The van der Waals surface area contributed by atoms with Crippen LogP contribution in [0.25, 0.3) is 0 Å². The molecule has 1 N–H and O–H groups in total. The van der Waals surface area contributed by atoms with Gasteiger partial charge in [0.15, 0.2) is 0 Å². The number of nitrogens with one attached hydrogen (secondary N) is 1. The number of thiophene rings is 1. The minimum atomic E-state index is 0.525. The van der Waals surface area contributed by atoms with E-state index in [0.717, 1.165) is 0 Å². The van der Waals surface area contributed by atoms with Crippen LogP contribution in [0.1, 0.15) is 44.0 Å². The Bertz CT molecular complexity index is 327. The lowest BCUT2D eigenvalue weighted by Gasteiger charge is -2.28. The zero-order chi connectivity index (χ0) is 11.4. The van der Waals surface area contributed by atoms with Gasteiger partial charge in [0.05, 0.1) is 0 Å². The number of hydrogen-bond donors (Lipinski definition) is 1. The highest BCUT2D eigenvalue weighted by atomic mass is 32.1. The summed E-state index contributed by atoms with van der Waals surface area (Å²) in [5, 5.41) is 5.99. The quantitative estimate of drug-likeness (QED) is 0.773. The molecule has 0 aliphatic heterocycles. The van der Waals surface area contributed by atoms with E-state index in [1.807, 2.05) is 11.3 Å². The van der Waals surface area contributed by atoms with Crippen molar-refractivity contribution in [2.75, 3.05) is 0 Å². The summed E-state index contributed by atoms with van der Waals surface area (Å²) in [6.07, 6.45) is 8.31. The van der Waals surface area contributed by atoms with Crippen molar-refractivity contribution in [2.24, 2.45) is 5.92 Å². The maximum atomic E-state index is 3.82. The molecule has 1 aliphatic rings. The van der Waals surface area contributed by atoms with Gasteiger partial charge in [-0.2, -0.15) is 0 Å². The van der Waals surface area contributed by atoms with Gasteiger partial charge in [-0.1, -0.05) is 32.1 Å². The van der Waals surface area contributed by atoms with Crippen LogP contribution in [-0.4, -0.2) is 6.04 Å². The van der Waals surface area contributed by atoms with E-state index in [1.54, 1.807) is 0 Å². The van der Waals surface area contributed by atoms with E-state index >= 15 is 0 Å². The third-order valence-electron chi connectivity index (χ3n) is 3.20. The van der Waals surface area contributed by atoms with E-state index in [1.165, 1.54) is 24.1 Å². The fraction of sp³-hybridized carbons (Fsp3) is 0.571. The van der Waals surface area contributed by atoms with Crippen molar-refractivity contribution >= 4 is 11.3 Å². The Kier molecular flexibility index (Phi) is 4.19. The molecule has 0 fully saturated rings. The van der Waals surface area contributed by atoms with Crippen molar-refractivity contribution in [3.63, 3.8) is 0 Å². The molecular weight excluding hydrogens is 214 g/mol. The van der Waals surface area contributed by atoms with Gasteiger partial charge in [0.25, 0.3) is 0 Å². The monoisotopic (exact) mass is 235 g/mol. The Hall–Kier alpha value is -0.600. The average Bonchev–Trinajstić information content (AvgIpc) is 2.80. The Morgan fingerprint density at radius 1 is 1.38 bits per heavy atom. The van der Waals surface area contributed by atoms with Crippen LogP contribution in [0.5, 0.6) is 0 Å². The summed E-state index contributed by atoms with van der Waals surface area (Å²) in [7, 11) is 0. The highest BCUT2D eigenvalue weighted by Gasteiger charge is 2.20. The number of hydrogen-bond acceptors (Lipinski definition) is 2. The number of allylic oxidation sites excluding steroid dienone is 1. The predicted octanol–water partition coefficient (Wildman–Crippen LogP) is 4.14. The summed E-state index contributed by atoms with van der Waals surface area (Å²) >= 11 is 1.87. The lowest BCUT2D eigenvalue weighted by Crippen LogP contribution is -2.35. The second kappa shape index (κ2) is 5.65. The van der Waals surface area contributed by atoms with E-state index in [2.05, 4.69) is 48.8 Å². The highest BCUT2D eigenvalue weighted by Crippen LogP contribution is 2.27. The van der Waals surface area contributed by atoms with Gasteiger partial charge >= 0.3 is 0 Å². The van der Waals surface area contributed by atoms with Crippen LogP contribution in [0, 0.1) is 5.92 Å². The fourth-order valence-electron chi connectivity index (χ4n) is 2.27. The topological polar surface area (TPSA) is 12.0 Å². The highest BCUT2D eigenvalue weighted by molar-refractivity contribution is 7.10. The standard InChI is InChI=1S/C14H21NS/c1-11(2)14(13-9-6-10-16-13)15-12-7-4-3-5-8-12/h3-4,6,9-12,14-15H,5,7-8H2,1-2H3. The molecule has 1 aliphatic carbocycles. The van der Waals surface area contributed by atoms with Crippen molar-refractivity contribution in [2.45, 2.75) is 45.2 Å². The molecule has 1 aromatic rings. The maximum absolute atomic E-state index is 3.82. The summed E-state index contributed by atoms with van der Waals surface area (Å²) in [4.78, 5) is 1.48. The van der Waals surface area contributed by atoms with Gasteiger partial charge < -0.3 is 5.32 Å².